The number of carbonyl (C=O) groups excluding carboxylic acids is 1. The van der Waals surface area contributed by atoms with E-state index in [1.54, 1.807) is 18.1 Å². The second kappa shape index (κ2) is 4.87. The van der Waals surface area contributed by atoms with Crippen LogP contribution in [0, 0.1) is 0 Å². The van der Waals surface area contributed by atoms with Crippen molar-refractivity contribution in [2.45, 2.75) is 26.2 Å². The van der Waals surface area contributed by atoms with E-state index >= 15 is 0 Å². The number of nitrogens with zero attached hydrogens (tertiary/aromatic N) is 2. The monoisotopic (exact) mass is 236 g/mol. The molecule has 16 heavy (non-hydrogen) atoms. The maximum absolute atomic E-state index is 12.2. The maximum Gasteiger partial charge on any atom is 0.282 e. The largest absolute Gasteiger partial charge is 0.282 e. The molecule has 0 unspecified atom stereocenters. The van der Waals surface area contributed by atoms with Crippen LogP contribution in [0.25, 0.3) is 0 Å². The molecule has 1 saturated heterocycles. The van der Waals surface area contributed by atoms with Crippen LogP contribution in [0.4, 0.5) is 0 Å². The highest BCUT2D eigenvalue weighted by Crippen LogP contribution is 2.25. The van der Waals surface area contributed by atoms with Gasteiger partial charge in [0.1, 0.15) is 5.69 Å². The van der Waals surface area contributed by atoms with Crippen LogP contribution < -0.4 is 0 Å². The normalized spacial score (nSPS) is 15.8. The Kier molecular flexibility index (Phi) is 3.49. The predicted octanol–water partition coefficient (Wildman–Crippen LogP) is 2.70. The van der Waals surface area contributed by atoms with Crippen molar-refractivity contribution in [2.75, 3.05) is 12.3 Å². The molecule has 0 aliphatic carbocycles. The lowest BCUT2D eigenvalue weighted by Crippen LogP contribution is -2.24. The zero-order valence-electron chi connectivity index (χ0n) is 9.64. The summed E-state index contributed by atoms with van der Waals surface area (Å²) in [5.74, 6) is 1.43. The minimum absolute atomic E-state index is 0.0619. The van der Waals surface area contributed by atoms with Crippen LogP contribution in [0.1, 0.15) is 42.2 Å². The molecule has 1 aliphatic rings. The van der Waals surface area contributed by atoms with Crippen LogP contribution in [0.15, 0.2) is 18.3 Å². The van der Waals surface area contributed by atoms with E-state index in [0.717, 1.165) is 24.3 Å². The molecule has 0 spiro atoms. The van der Waals surface area contributed by atoms with Gasteiger partial charge in [-0.2, -0.15) is 0 Å². The predicted molar refractivity (Wildman–Crippen MR) is 66.4 cm³/mol. The van der Waals surface area contributed by atoms with E-state index in [2.05, 4.69) is 18.8 Å². The molecule has 86 valence electrons. The molecular formula is C12H16N2OS. The van der Waals surface area contributed by atoms with Crippen LogP contribution in [-0.2, 0) is 0 Å². The third-order valence-corrected chi connectivity index (χ3v) is 3.77. The van der Waals surface area contributed by atoms with Gasteiger partial charge in [-0.3, -0.25) is 14.1 Å². The number of pyridine rings is 1. The van der Waals surface area contributed by atoms with Gasteiger partial charge in [-0.25, -0.2) is 0 Å². The number of rotatable bonds is 2. The van der Waals surface area contributed by atoms with Crippen molar-refractivity contribution in [2.24, 2.45) is 0 Å². The highest BCUT2D eigenvalue weighted by molar-refractivity contribution is 7.97. The molecule has 1 amide bonds. The second-order valence-electron chi connectivity index (χ2n) is 4.19. The van der Waals surface area contributed by atoms with Crippen molar-refractivity contribution < 1.29 is 4.79 Å². The van der Waals surface area contributed by atoms with E-state index in [1.165, 1.54) is 0 Å². The molecule has 1 fully saturated rings. The molecule has 0 bridgehead atoms. The van der Waals surface area contributed by atoms with Crippen LogP contribution in [0.5, 0.6) is 0 Å². The van der Waals surface area contributed by atoms with Crippen molar-refractivity contribution >= 4 is 17.9 Å². The minimum Gasteiger partial charge on any atom is -0.281 e. The lowest BCUT2D eigenvalue weighted by atomic mass is 10.0. The van der Waals surface area contributed by atoms with E-state index in [4.69, 9.17) is 0 Å². The van der Waals surface area contributed by atoms with Crippen LogP contribution >= 0.6 is 11.9 Å². The summed E-state index contributed by atoms with van der Waals surface area (Å²) in [4.78, 5) is 16.5. The van der Waals surface area contributed by atoms with Gasteiger partial charge in [0, 0.05) is 18.5 Å². The molecule has 1 aliphatic heterocycles. The Morgan fingerprint density at radius 3 is 3.00 bits per heavy atom. The molecule has 0 saturated carbocycles. The summed E-state index contributed by atoms with van der Waals surface area (Å²) in [6.07, 6.45) is 2.78. The fourth-order valence-electron chi connectivity index (χ4n) is 1.79. The summed E-state index contributed by atoms with van der Waals surface area (Å²) in [5, 5.41) is 0. The Morgan fingerprint density at radius 1 is 1.56 bits per heavy atom. The van der Waals surface area contributed by atoms with Crippen molar-refractivity contribution in [3.8, 4) is 0 Å². The molecule has 1 aromatic heterocycles. The van der Waals surface area contributed by atoms with Gasteiger partial charge in [-0.05, 0) is 35.9 Å². The van der Waals surface area contributed by atoms with E-state index in [9.17, 15) is 4.79 Å². The second-order valence-corrected chi connectivity index (χ2v) is 5.30. The average Bonchev–Trinajstić information content (AvgIpc) is 2.81. The molecule has 0 aromatic carbocycles. The Bertz CT molecular complexity index is 386. The Balaban J connectivity index is 2.28. The van der Waals surface area contributed by atoms with Gasteiger partial charge in [-0.15, -0.1) is 0 Å². The summed E-state index contributed by atoms with van der Waals surface area (Å²) in [5.41, 5.74) is 1.66. The van der Waals surface area contributed by atoms with Crippen LogP contribution in [0.3, 0.4) is 0 Å². The quantitative estimate of drug-likeness (QED) is 0.740. The fourth-order valence-corrected chi connectivity index (χ4v) is 2.73. The summed E-state index contributed by atoms with van der Waals surface area (Å²) in [6, 6.07) is 3.88. The van der Waals surface area contributed by atoms with Gasteiger partial charge in [-0.1, -0.05) is 19.9 Å². The van der Waals surface area contributed by atoms with Gasteiger partial charge in [0.25, 0.3) is 5.91 Å². The van der Waals surface area contributed by atoms with Crippen LogP contribution in [-0.4, -0.2) is 27.5 Å². The van der Waals surface area contributed by atoms with E-state index in [1.807, 2.05) is 16.4 Å². The smallest absolute Gasteiger partial charge is 0.281 e. The molecule has 2 rings (SSSR count). The number of hydrogen-bond acceptors (Lipinski definition) is 3. The number of aromatic nitrogens is 1. The first kappa shape index (κ1) is 11.5. The zero-order chi connectivity index (χ0) is 11.5. The Hall–Kier alpha value is -1.03. The zero-order valence-corrected chi connectivity index (χ0v) is 10.5. The van der Waals surface area contributed by atoms with Crippen molar-refractivity contribution in [1.29, 1.82) is 0 Å². The molecule has 3 nitrogen and oxygen atoms in total. The Labute approximate surface area is 100 Å². The summed E-state index contributed by atoms with van der Waals surface area (Å²) in [7, 11) is 0. The SMILES string of the molecule is CC(C)c1cccnc1C(=O)N1CCCS1. The summed E-state index contributed by atoms with van der Waals surface area (Å²) in [6.45, 7) is 5.02. The molecule has 2 heterocycles. The maximum atomic E-state index is 12.2. The Morgan fingerprint density at radius 2 is 2.38 bits per heavy atom. The van der Waals surface area contributed by atoms with Crippen molar-refractivity contribution in [3.05, 3.63) is 29.6 Å². The molecule has 4 heteroatoms. The van der Waals surface area contributed by atoms with Gasteiger partial charge in [0.2, 0.25) is 0 Å². The number of hydrogen-bond donors (Lipinski definition) is 0. The number of carbonyl (C=O) groups is 1. The first-order valence-electron chi connectivity index (χ1n) is 5.60. The molecule has 0 radical (unpaired) electrons. The van der Waals surface area contributed by atoms with E-state index in [0.29, 0.717) is 11.6 Å². The highest BCUT2D eigenvalue weighted by Gasteiger charge is 2.24. The molecular weight excluding hydrogens is 220 g/mol. The van der Waals surface area contributed by atoms with Gasteiger partial charge in [0.05, 0.1) is 0 Å². The molecule has 0 N–H and O–H groups in total. The third kappa shape index (κ3) is 2.21. The summed E-state index contributed by atoms with van der Waals surface area (Å²) >= 11 is 1.61. The average molecular weight is 236 g/mol. The lowest BCUT2D eigenvalue weighted by Gasteiger charge is -2.16. The third-order valence-electron chi connectivity index (χ3n) is 2.64. The first-order valence-corrected chi connectivity index (χ1v) is 6.54. The molecule has 0 atom stereocenters. The van der Waals surface area contributed by atoms with E-state index < -0.39 is 0 Å². The topological polar surface area (TPSA) is 33.2 Å². The molecule has 1 aromatic rings. The standard InChI is InChI=1S/C12H16N2OS/c1-9(2)10-5-3-6-13-11(10)12(15)14-7-4-8-16-14/h3,5-6,9H,4,7-8H2,1-2H3. The number of amides is 1. The van der Waals surface area contributed by atoms with Crippen molar-refractivity contribution in [3.63, 3.8) is 0 Å². The van der Waals surface area contributed by atoms with Gasteiger partial charge in [0.15, 0.2) is 0 Å². The highest BCUT2D eigenvalue weighted by atomic mass is 32.2. The summed E-state index contributed by atoms with van der Waals surface area (Å²) < 4.78 is 1.83. The first-order chi connectivity index (χ1) is 7.70. The minimum atomic E-state index is 0.0619. The van der Waals surface area contributed by atoms with Crippen molar-refractivity contribution in [1.82, 2.24) is 9.29 Å². The fraction of sp³-hybridized carbons (Fsp3) is 0.500. The van der Waals surface area contributed by atoms with Crippen LogP contribution in [0.2, 0.25) is 0 Å². The van der Waals surface area contributed by atoms with Gasteiger partial charge >= 0.3 is 0 Å². The lowest BCUT2D eigenvalue weighted by molar-refractivity contribution is 0.0871. The van der Waals surface area contributed by atoms with E-state index in [-0.39, 0.29) is 5.91 Å². The van der Waals surface area contributed by atoms with Gasteiger partial charge < -0.3 is 0 Å².